The van der Waals surface area contributed by atoms with Crippen LogP contribution in [0.2, 0.25) is 0 Å². The average Bonchev–Trinajstić information content (AvgIpc) is 3.31. The normalized spacial score (nSPS) is 19.1. The third-order valence-corrected chi connectivity index (χ3v) is 7.60. The molecule has 2 aliphatic rings. The summed E-state index contributed by atoms with van der Waals surface area (Å²) in [5.74, 6) is -0.480. The minimum absolute atomic E-state index is 0.216. The van der Waals surface area contributed by atoms with E-state index in [0.29, 0.717) is 43.1 Å². The molecule has 2 aliphatic heterocycles. The highest BCUT2D eigenvalue weighted by Gasteiger charge is 2.47. The van der Waals surface area contributed by atoms with Gasteiger partial charge in [0.1, 0.15) is 0 Å². The van der Waals surface area contributed by atoms with Gasteiger partial charge in [0.05, 0.1) is 19.8 Å². The number of carbonyl (C=O) groups is 3. The number of ether oxygens (including phenoxy) is 2. The second kappa shape index (κ2) is 13.0. The molecule has 0 saturated carbocycles. The van der Waals surface area contributed by atoms with Gasteiger partial charge in [-0.1, -0.05) is 54.1 Å². The number of benzene rings is 3. The van der Waals surface area contributed by atoms with E-state index in [-0.39, 0.29) is 18.4 Å². The van der Waals surface area contributed by atoms with Crippen LogP contribution in [0.3, 0.4) is 0 Å². The summed E-state index contributed by atoms with van der Waals surface area (Å²) >= 11 is 0. The minimum atomic E-state index is -0.847. The highest BCUT2D eigenvalue weighted by molar-refractivity contribution is 6.04. The summed E-state index contributed by atoms with van der Waals surface area (Å²) < 4.78 is 11.2. The van der Waals surface area contributed by atoms with Crippen molar-refractivity contribution in [2.24, 2.45) is 0 Å². The average molecular weight is 557 g/mol. The van der Waals surface area contributed by atoms with Crippen molar-refractivity contribution >= 4 is 23.6 Å². The SMILES string of the molecule is Cc1ccc(C(=O)Nc2ccc(C3OC(=O)N(Cc4ccccc4C)C3C(=O)NCCN3CCOCC3)cc2)cc1. The largest absolute Gasteiger partial charge is 0.438 e. The molecule has 2 heterocycles. The van der Waals surface area contributed by atoms with Crippen molar-refractivity contribution in [3.05, 3.63) is 101 Å². The Labute approximate surface area is 240 Å². The number of cyclic esters (lactones) is 1. The quantitative estimate of drug-likeness (QED) is 0.412. The maximum Gasteiger partial charge on any atom is 0.411 e. The van der Waals surface area contributed by atoms with Gasteiger partial charge in [0.2, 0.25) is 5.91 Å². The Balaban J connectivity index is 1.32. The number of rotatable bonds is 9. The molecular weight excluding hydrogens is 520 g/mol. The topological polar surface area (TPSA) is 100 Å². The Morgan fingerprint density at radius 3 is 2.34 bits per heavy atom. The number of hydrogen-bond donors (Lipinski definition) is 2. The van der Waals surface area contributed by atoms with Crippen molar-refractivity contribution in [1.82, 2.24) is 15.1 Å². The molecule has 5 rings (SSSR count). The first-order valence-electron chi connectivity index (χ1n) is 14.0. The zero-order valence-corrected chi connectivity index (χ0v) is 23.5. The van der Waals surface area contributed by atoms with Gasteiger partial charge < -0.3 is 20.1 Å². The third-order valence-electron chi connectivity index (χ3n) is 7.60. The molecule has 2 unspecified atom stereocenters. The van der Waals surface area contributed by atoms with Crippen molar-refractivity contribution < 1.29 is 23.9 Å². The standard InChI is InChI=1S/C32H36N4O5/c1-22-7-9-25(10-8-22)30(37)34-27-13-11-24(12-14-27)29-28(31(38)33-15-16-35-17-19-40-20-18-35)36(32(39)41-29)21-26-6-4-3-5-23(26)2/h3-14,28-29H,15-21H2,1-2H3,(H,33,38)(H,34,37). The fourth-order valence-electron chi connectivity index (χ4n) is 5.11. The minimum Gasteiger partial charge on any atom is -0.438 e. The van der Waals surface area contributed by atoms with Crippen molar-refractivity contribution in [3.63, 3.8) is 0 Å². The fourth-order valence-corrected chi connectivity index (χ4v) is 5.11. The lowest BCUT2D eigenvalue weighted by atomic mass is 9.99. The maximum atomic E-state index is 13.6. The van der Waals surface area contributed by atoms with Crippen molar-refractivity contribution in [2.75, 3.05) is 44.7 Å². The zero-order valence-electron chi connectivity index (χ0n) is 23.5. The molecule has 0 aromatic heterocycles. The van der Waals surface area contributed by atoms with Gasteiger partial charge in [0.25, 0.3) is 5.91 Å². The van der Waals surface area contributed by atoms with Gasteiger partial charge in [-0.3, -0.25) is 19.4 Å². The maximum absolute atomic E-state index is 13.6. The van der Waals surface area contributed by atoms with Crippen LogP contribution in [0.4, 0.5) is 10.5 Å². The molecule has 3 amide bonds. The molecule has 9 nitrogen and oxygen atoms in total. The van der Waals surface area contributed by atoms with Gasteiger partial charge in [-0.2, -0.15) is 0 Å². The van der Waals surface area contributed by atoms with Crippen LogP contribution in [-0.2, 0) is 20.8 Å². The molecule has 0 spiro atoms. The lowest BCUT2D eigenvalue weighted by molar-refractivity contribution is -0.126. The van der Waals surface area contributed by atoms with Crippen LogP contribution in [0.5, 0.6) is 0 Å². The summed E-state index contributed by atoms with van der Waals surface area (Å²) in [5, 5.41) is 5.92. The van der Waals surface area contributed by atoms with Crippen LogP contribution in [0.25, 0.3) is 0 Å². The number of nitrogens with zero attached hydrogens (tertiary/aromatic N) is 2. The van der Waals surface area contributed by atoms with Crippen LogP contribution in [0, 0.1) is 13.8 Å². The monoisotopic (exact) mass is 556 g/mol. The number of carbonyl (C=O) groups excluding carboxylic acids is 3. The van der Waals surface area contributed by atoms with E-state index in [1.54, 1.807) is 36.4 Å². The molecule has 2 saturated heterocycles. The number of amides is 3. The van der Waals surface area contributed by atoms with Gasteiger partial charge >= 0.3 is 6.09 Å². The van der Waals surface area contributed by atoms with Gasteiger partial charge in [0.15, 0.2) is 12.1 Å². The first-order chi connectivity index (χ1) is 19.9. The van der Waals surface area contributed by atoms with Crippen LogP contribution in [-0.4, -0.2) is 73.1 Å². The molecule has 2 fully saturated rings. The molecule has 41 heavy (non-hydrogen) atoms. The summed E-state index contributed by atoms with van der Waals surface area (Å²) in [6, 6.07) is 21.4. The molecule has 2 atom stereocenters. The van der Waals surface area contributed by atoms with Gasteiger partial charge in [-0.05, 0) is 54.8 Å². The van der Waals surface area contributed by atoms with E-state index >= 15 is 0 Å². The Morgan fingerprint density at radius 2 is 1.63 bits per heavy atom. The van der Waals surface area contributed by atoms with Crippen molar-refractivity contribution in [3.8, 4) is 0 Å². The first kappa shape index (κ1) is 28.3. The smallest absolute Gasteiger partial charge is 0.411 e. The lowest BCUT2D eigenvalue weighted by Gasteiger charge is -2.28. The molecule has 3 aromatic rings. The predicted molar refractivity (Wildman–Crippen MR) is 156 cm³/mol. The zero-order chi connectivity index (χ0) is 28.8. The molecule has 2 N–H and O–H groups in total. The van der Waals surface area contributed by atoms with E-state index in [9.17, 15) is 14.4 Å². The Kier molecular flexibility index (Phi) is 8.96. The molecule has 0 bridgehead atoms. The van der Waals surface area contributed by atoms with E-state index in [0.717, 1.165) is 29.8 Å². The molecule has 9 heteroatoms. The molecule has 0 aliphatic carbocycles. The molecular formula is C32H36N4O5. The van der Waals surface area contributed by atoms with Crippen LogP contribution < -0.4 is 10.6 Å². The second-order valence-electron chi connectivity index (χ2n) is 10.5. The van der Waals surface area contributed by atoms with Crippen molar-refractivity contribution in [1.29, 1.82) is 0 Å². The first-order valence-corrected chi connectivity index (χ1v) is 14.0. The Hall–Kier alpha value is -4.21. The second-order valence-corrected chi connectivity index (χ2v) is 10.5. The van der Waals surface area contributed by atoms with Crippen molar-refractivity contribution in [2.45, 2.75) is 32.5 Å². The summed E-state index contributed by atoms with van der Waals surface area (Å²) in [5.41, 5.74) is 4.90. The van der Waals surface area contributed by atoms with E-state index in [2.05, 4.69) is 15.5 Å². The van der Waals surface area contributed by atoms with E-state index in [1.807, 2.05) is 50.2 Å². The highest BCUT2D eigenvalue weighted by atomic mass is 16.6. The lowest BCUT2D eigenvalue weighted by Crippen LogP contribution is -2.48. The van der Waals surface area contributed by atoms with E-state index in [4.69, 9.17) is 9.47 Å². The number of hydrogen-bond acceptors (Lipinski definition) is 6. The van der Waals surface area contributed by atoms with E-state index in [1.165, 1.54) is 4.90 Å². The Bertz CT molecular complexity index is 1370. The Morgan fingerprint density at radius 1 is 0.927 bits per heavy atom. The highest BCUT2D eigenvalue weighted by Crippen LogP contribution is 2.35. The number of anilines is 1. The van der Waals surface area contributed by atoms with E-state index < -0.39 is 18.2 Å². The predicted octanol–water partition coefficient (Wildman–Crippen LogP) is 4.07. The van der Waals surface area contributed by atoms with Gasteiger partial charge in [-0.15, -0.1) is 0 Å². The number of morpholine rings is 1. The molecule has 214 valence electrons. The third kappa shape index (κ3) is 6.93. The van der Waals surface area contributed by atoms with Gasteiger partial charge in [0, 0.05) is 37.4 Å². The summed E-state index contributed by atoms with van der Waals surface area (Å²) in [7, 11) is 0. The van der Waals surface area contributed by atoms with Crippen LogP contribution in [0.15, 0.2) is 72.8 Å². The van der Waals surface area contributed by atoms with Gasteiger partial charge in [-0.25, -0.2) is 4.79 Å². The summed E-state index contributed by atoms with van der Waals surface area (Å²) in [6.45, 7) is 8.40. The summed E-state index contributed by atoms with van der Waals surface area (Å²) in [6.07, 6.45) is -1.33. The number of aryl methyl sites for hydroxylation is 2. The van der Waals surface area contributed by atoms with Crippen LogP contribution in [0.1, 0.15) is 38.7 Å². The fraction of sp³-hybridized carbons (Fsp3) is 0.344. The van der Waals surface area contributed by atoms with Crippen LogP contribution >= 0.6 is 0 Å². The molecule has 0 radical (unpaired) electrons. The number of nitrogens with one attached hydrogen (secondary N) is 2. The molecule has 3 aromatic carbocycles. The summed E-state index contributed by atoms with van der Waals surface area (Å²) in [4.78, 5) is 43.2.